The number of phenols is 1. The summed E-state index contributed by atoms with van der Waals surface area (Å²) >= 11 is 0. The molecule has 0 saturated carbocycles. The summed E-state index contributed by atoms with van der Waals surface area (Å²) < 4.78 is 10.6. The van der Waals surface area contributed by atoms with E-state index >= 15 is 0 Å². The van der Waals surface area contributed by atoms with Gasteiger partial charge in [-0.05, 0) is 73.5 Å². The maximum Gasteiger partial charge on any atom is 0.228 e. The summed E-state index contributed by atoms with van der Waals surface area (Å²) in [4.78, 5) is 15.1. The molecule has 2 N–H and O–H groups in total. The van der Waals surface area contributed by atoms with Crippen LogP contribution in [0.4, 0.5) is 5.69 Å². The van der Waals surface area contributed by atoms with Crippen LogP contribution in [0.15, 0.2) is 71.4 Å². The van der Waals surface area contributed by atoms with Crippen LogP contribution in [0.1, 0.15) is 18.4 Å². The number of aromatic hydroxyl groups is 1. The molecule has 6 heteroatoms. The number of hydrogen-bond donors (Lipinski definition) is 2. The first-order valence-electron chi connectivity index (χ1n) is 10.8. The van der Waals surface area contributed by atoms with E-state index < -0.39 is 0 Å². The van der Waals surface area contributed by atoms with E-state index in [0.717, 1.165) is 55.1 Å². The number of amides is 1. The largest absolute Gasteiger partial charge is 0.504 e. The first-order chi connectivity index (χ1) is 15.6. The SMILES string of the molecule is COc1cc(/C=C/CN2CCC[C@H](C(=O)Nc3ccc(-c4ccco4)cc3)C2)ccc1O. The fraction of sp³-hybridized carbons (Fsp3) is 0.269. The average molecular weight is 433 g/mol. The number of ether oxygens (including phenoxy) is 1. The van der Waals surface area contributed by atoms with E-state index in [1.54, 1.807) is 18.4 Å². The van der Waals surface area contributed by atoms with Crippen LogP contribution >= 0.6 is 0 Å². The molecule has 0 bridgehead atoms. The van der Waals surface area contributed by atoms with Gasteiger partial charge in [0.2, 0.25) is 5.91 Å². The summed E-state index contributed by atoms with van der Waals surface area (Å²) in [5, 5.41) is 12.8. The highest BCUT2D eigenvalue weighted by Crippen LogP contribution is 2.27. The van der Waals surface area contributed by atoms with Crippen molar-refractivity contribution >= 4 is 17.7 Å². The summed E-state index contributed by atoms with van der Waals surface area (Å²) in [6.45, 7) is 2.48. The third kappa shape index (κ3) is 5.39. The van der Waals surface area contributed by atoms with Crippen molar-refractivity contribution in [3.8, 4) is 22.8 Å². The summed E-state index contributed by atoms with van der Waals surface area (Å²) in [7, 11) is 1.54. The number of anilines is 1. The molecule has 0 aliphatic carbocycles. The Kier molecular flexibility index (Phi) is 6.92. The van der Waals surface area contributed by atoms with Crippen LogP contribution in [0.5, 0.6) is 11.5 Å². The summed E-state index contributed by atoms with van der Waals surface area (Å²) in [5.41, 5.74) is 2.74. The van der Waals surface area contributed by atoms with E-state index in [2.05, 4.69) is 16.3 Å². The lowest BCUT2D eigenvalue weighted by atomic mass is 9.97. The van der Waals surface area contributed by atoms with E-state index in [4.69, 9.17) is 9.15 Å². The Morgan fingerprint density at radius 3 is 2.84 bits per heavy atom. The second kappa shape index (κ2) is 10.2. The Bertz CT molecular complexity index is 1060. The highest BCUT2D eigenvalue weighted by atomic mass is 16.5. The zero-order valence-electron chi connectivity index (χ0n) is 18.2. The minimum absolute atomic E-state index is 0.0318. The summed E-state index contributed by atoms with van der Waals surface area (Å²) in [6.07, 6.45) is 7.63. The molecule has 3 aromatic rings. The van der Waals surface area contributed by atoms with Crippen molar-refractivity contribution < 1.29 is 19.1 Å². The topological polar surface area (TPSA) is 74.9 Å². The van der Waals surface area contributed by atoms with Gasteiger partial charge in [0.05, 0.1) is 19.3 Å². The molecule has 1 saturated heterocycles. The van der Waals surface area contributed by atoms with Gasteiger partial charge in [0.15, 0.2) is 11.5 Å². The molecule has 166 valence electrons. The molecule has 32 heavy (non-hydrogen) atoms. The minimum atomic E-state index is -0.0318. The molecular weight excluding hydrogens is 404 g/mol. The maximum atomic E-state index is 12.8. The predicted octanol–water partition coefficient (Wildman–Crippen LogP) is 5.02. The number of phenolic OH excluding ortho intramolecular Hbond substituents is 1. The van der Waals surface area contributed by atoms with Crippen LogP contribution < -0.4 is 10.1 Å². The van der Waals surface area contributed by atoms with Gasteiger partial charge in [0.25, 0.3) is 0 Å². The number of nitrogens with zero attached hydrogens (tertiary/aromatic N) is 1. The minimum Gasteiger partial charge on any atom is -0.504 e. The molecule has 1 aliphatic heterocycles. The van der Waals surface area contributed by atoms with Gasteiger partial charge < -0.3 is 19.6 Å². The van der Waals surface area contributed by atoms with Crippen LogP contribution in [0, 0.1) is 5.92 Å². The highest BCUT2D eigenvalue weighted by molar-refractivity contribution is 5.93. The fourth-order valence-electron chi connectivity index (χ4n) is 3.98. The normalized spacial score (nSPS) is 16.8. The molecule has 4 rings (SSSR count). The van der Waals surface area contributed by atoms with E-state index in [-0.39, 0.29) is 17.6 Å². The van der Waals surface area contributed by atoms with Crippen molar-refractivity contribution in [2.45, 2.75) is 12.8 Å². The van der Waals surface area contributed by atoms with Crippen LogP contribution in [0.25, 0.3) is 17.4 Å². The highest BCUT2D eigenvalue weighted by Gasteiger charge is 2.25. The van der Waals surface area contributed by atoms with Crippen molar-refractivity contribution in [3.05, 3.63) is 72.5 Å². The van der Waals surface area contributed by atoms with E-state index in [1.807, 2.05) is 48.5 Å². The molecule has 0 radical (unpaired) electrons. The number of piperidine rings is 1. The van der Waals surface area contributed by atoms with Gasteiger partial charge in [0, 0.05) is 24.3 Å². The summed E-state index contributed by atoms with van der Waals surface area (Å²) in [5.74, 6) is 1.43. The molecule has 1 amide bonds. The number of hydrogen-bond acceptors (Lipinski definition) is 5. The molecule has 1 aliphatic rings. The quantitative estimate of drug-likeness (QED) is 0.548. The summed E-state index contributed by atoms with van der Waals surface area (Å²) in [6, 6.07) is 16.8. The number of nitrogens with one attached hydrogen (secondary N) is 1. The maximum absolute atomic E-state index is 12.8. The molecule has 1 fully saturated rings. The second-order valence-electron chi connectivity index (χ2n) is 7.98. The second-order valence-corrected chi connectivity index (χ2v) is 7.98. The van der Waals surface area contributed by atoms with Gasteiger partial charge in [-0.3, -0.25) is 9.69 Å². The van der Waals surface area contributed by atoms with Crippen LogP contribution in [0.3, 0.4) is 0 Å². The number of rotatable bonds is 7. The molecule has 0 spiro atoms. The number of likely N-dealkylation sites (tertiary alicyclic amines) is 1. The van der Waals surface area contributed by atoms with Crippen molar-refractivity contribution in [2.24, 2.45) is 5.92 Å². The lowest BCUT2D eigenvalue weighted by molar-refractivity contribution is -0.121. The number of furan rings is 1. The first kappa shape index (κ1) is 21.7. The van der Waals surface area contributed by atoms with Crippen molar-refractivity contribution in [1.29, 1.82) is 0 Å². The monoisotopic (exact) mass is 432 g/mol. The van der Waals surface area contributed by atoms with E-state index in [9.17, 15) is 9.90 Å². The third-order valence-electron chi connectivity index (χ3n) is 5.71. The van der Waals surface area contributed by atoms with Gasteiger partial charge in [-0.2, -0.15) is 0 Å². The Labute approximate surface area is 188 Å². The Balaban J connectivity index is 1.30. The Hall–Kier alpha value is -3.51. The third-order valence-corrected chi connectivity index (χ3v) is 5.71. The molecule has 2 heterocycles. The smallest absolute Gasteiger partial charge is 0.228 e. The van der Waals surface area contributed by atoms with E-state index in [1.165, 1.54) is 7.11 Å². The van der Waals surface area contributed by atoms with Crippen molar-refractivity contribution in [2.75, 3.05) is 32.1 Å². The zero-order valence-corrected chi connectivity index (χ0v) is 18.2. The van der Waals surface area contributed by atoms with Crippen LogP contribution in [0.2, 0.25) is 0 Å². The van der Waals surface area contributed by atoms with Crippen LogP contribution in [-0.4, -0.2) is 42.7 Å². The molecular formula is C26H28N2O4. The molecule has 1 aromatic heterocycles. The number of carbonyl (C=O) groups excluding carboxylic acids is 1. The molecule has 0 unspecified atom stereocenters. The zero-order chi connectivity index (χ0) is 22.3. The first-order valence-corrected chi connectivity index (χ1v) is 10.8. The molecule has 1 atom stereocenters. The predicted molar refractivity (Wildman–Crippen MR) is 126 cm³/mol. The van der Waals surface area contributed by atoms with Gasteiger partial charge in [0.1, 0.15) is 5.76 Å². The van der Waals surface area contributed by atoms with E-state index in [0.29, 0.717) is 5.75 Å². The van der Waals surface area contributed by atoms with Gasteiger partial charge >= 0.3 is 0 Å². The lowest BCUT2D eigenvalue weighted by Crippen LogP contribution is -2.40. The van der Waals surface area contributed by atoms with Crippen molar-refractivity contribution in [1.82, 2.24) is 4.90 Å². The lowest BCUT2D eigenvalue weighted by Gasteiger charge is -2.31. The Morgan fingerprint density at radius 2 is 2.09 bits per heavy atom. The van der Waals surface area contributed by atoms with Gasteiger partial charge in [-0.1, -0.05) is 18.2 Å². The van der Waals surface area contributed by atoms with Gasteiger partial charge in [-0.15, -0.1) is 0 Å². The van der Waals surface area contributed by atoms with Gasteiger partial charge in [-0.25, -0.2) is 0 Å². The fourth-order valence-corrected chi connectivity index (χ4v) is 3.98. The Morgan fingerprint density at radius 1 is 1.25 bits per heavy atom. The number of benzene rings is 2. The standard InChI is InChI=1S/C26H28N2O4/c1-31-25-17-19(8-13-23(25)29)5-2-14-28-15-3-6-21(18-28)26(30)27-22-11-9-20(10-12-22)24-7-4-16-32-24/h2,4-5,7-13,16-17,21,29H,3,6,14-15,18H2,1H3,(H,27,30)/b5-2+/t21-/m0/s1. The number of methoxy groups -OCH3 is 1. The molecule has 6 nitrogen and oxygen atoms in total. The number of carbonyl (C=O) groups is 1. The average Bonchev–Trinajstić information content (AvgIpc) is 3.36. The van der Waals surface area contributed by atoms with Crippen molar-refractivity contribution in [3.63, 3.8) is 0 Å². The molecule has 2 aromatic carbocycles. The van der Waals surface area contributed by atoms with Crippen LogP contribution in [-0.2, 0) is 4.79 Å².